The largest absolute Gasteiger partial charge is 0.239 e. The number of rotatable bonds is 4. The molecule has 6 heteroatoms. The van der Waals surface area contributed by atoms with E-state index in [2.05, 4.69) is 46.1 Å². The highest BCUT2D eigenvalue weighted by Crippen LogP contribution is 2.33. The van der Waals surface area contributed by atoms with E-state index in [4.69, 9.17) is 4.98 Å². The summed E-state index contributed by atoms with van der Waals surface area (Å²) in [6.45, 7) is 0. The molecule has 0 unspecified atom stereocenters. The maximum Gasteiger partial charge on any atom is 0.151 e. The molecule has 0 atom stereocenters. The van der Waals surface area contributed by atoms with Gasteiger partial charge in [-0.05, 0) is 23.6 Å². The average molecular weight is 347 g/mol. The minimum Gasteiger partial charge on any atom is -0.239 e. The van der Waals surface area contributed by atoms with E-state index in [1.54, 1.807) is 45.8 Å². The van der Waals surface area contributed by atoms with Crippen molar-refractivity contribution in [3.63, 3.8) is 0 Å². The summed E-state index contributed by atoms with van der Waals surface area (Å²) in [5, 5.41) is 5.35. The van der Waals surface area contributed by atoms with E-state index in [0.29, 0.717) is 0 Å². The van der Waals surface area contributed by atoms with E-state index in [1.165, 1.54) is 9.58 Å². The van der Waals surface area contributed by atoms with Crippen LogP contribution in [-0.4, -0.2) is 9.97 Å². The van der Waals surface area contributed by atoms with Crippen molar-refractivity contribution in [1.82, 2.24) is 9.97 Å². The number of thiazole rings is 2. The average Bonchev–Trinajstić information content (AvgIpc) is 3.23. The minimum absolute atomic E-state index is 0.877. The summed E-state index contributed by atoms with van der Waals surface area (Å²) in [5.41, 5.74) is 2.22. The zero-order valence-corrected chi connectivity index (χ0v) is 14.1. The summed E-state index contributed by atoms with van der Waals surface area (Å²) in [4.78, 5) is 10.6. The molecule has 0 aliphatic rings. The molecular formula is C15H10N2S4. The Balaban J connectivity index is 1.49. The molecule has 3 heterocycles. The molecule has 0 aliphatic heterocycles. The third-order valence-corrected chi connectivity index (χ3v) is 7.04. The number of hydrogen-bond donors (Lipinski definition) is 0. The molecule has 104 valence electrons. The van der Waals surface area contributed by atoms with Crippen LogP contribution in [0.1, 0.15) is 5.69 Å². The molecule has 0 aliphatic carbocycles. The number of benzene rings is 1. The van der Waals surface area contributed by atoms with Gasteiger partial charge in [0, 0.05) is 11.1 Å². The van der Waals surface area contributed by atoms with E-state index < -0.39 is 0 Å². The van der Waals surface area contributed by atoms with Crippen molar-refractivity contribution in [1.29, 1.82) is 0 Å². The lowest BCUT2D eigenvalue weighted by Crippen LogP contribution is -1.80. The zero-order chi connectivity index (χ0) is 14.1. The fourth-order valence-corrected chi connectivity index (χ4v) is 5.64. The van der Waals surface area contributed by atoms with Crippen molar-refractivity contribution in [2.75, 3.05) is 0 Å². The Morgan fingerprint density at radius 1 is 1.00 bits per heavy atom. The first-order valence-corrected chi connectivity index (χ1v) is 9.91. The van der Waals surface area contributed by atoms with Crippen molar-refractivity contribution in [3.8, 4) is 9.88 Å². The van der Waals surface area contributed by atoms with Crippen LogP contribution in [0.4, 0.5) is 0 Å². The fourth-order valence-electron chi connectivity index (χ4n) is 1.94. The monoisotopic (exact) mass is 346 g/mol. The van der Waals surface area contributed by atoms with Crippen molar-refractivity contribution in [2.45, 2.75) is 10.1 Å². The quantitative estimate of drug-likeness (QED) is 0.438. The fraction of sp³-hybridized carbons (Fsp3) is 0.0667. The molecule has 0 saturated heterocycles. The third kappa shape index (κ3) is 2.89. The highest BCUT2D eigenvalue weighted by Gasteiger charge is 2.08. The molecule has 0 amide bonds. The number of thioether (sulfide) groups is 1. The zero-order valence-electron chi connectivity index (χ0n) is 10.9. The third-order valence-electron chi connectivity index (χ3n) is 2.90. The number of para-hydroxylation sites is 1. The number of fused-ring (bicyclic) bond motifs is 1. The lowest BCUT2D eigenvalue weighted by Gasteiger charge is -1.93. The molecular weight excluding hydrogens is 336 g/mol. The molecule has 0 N–H and O–H groups in total. The standard InChI is InChI=1S/C15H10N2S4/c1-2-5-12-11(4-1)17-15(21-12)20-9-10-8-19-14(16-10)13-6-3-7-18-13/h1-8H,9H2. The molecule has 4 rings (SSSR count). The molecule has 2 nitrogen and oxygen atoms in total. The van der Waals surface area contributed by atoms with Crippen LogP contribution in [0, 0.1) is 0 Å². The smallest absolute Gasteiger partial charge is 0.151 e. The minimum atomic E-state index is 0.877. The summed E-state index contributed by atoms with van der Waals surface area (Å²) in [5.74, 6) is 0.877. The Kier molecular flexibility index (Phi) is 3.77. The molecule has 4 aromatic rings. The van der Waals surface area contributed by atoms with Gasteiger partial charge in [-0.3, -0.25) is 0 Å². The molecule has 0 radical (unpaired) electrons. The van der Waals surface area contributed by atoms with Gasteiger partial charge in [0.2, 0.25) is 0 Å². The van der Waals surface area contributed by atoms with Gasteiger partial charge in [-0.1, -0.05) is 30.0 Å². The molecule has 0 spiro atoms. The van der Waals surface area contributed by atoms with Crippen LogP contribution in [0.2, 0.25) is 0 Å². The molecule has 3 aromatic heterocycles. The number of nitrogens with zero attached hydrogens (tertiary/aromatic N) is 2. The van der Waals surface area contributed by atoms with E-state index >= 15 is 0 Å². The lowest BCUT2D eigenvalue weighted by atomic mass is 10.3. The van der Waals surface area contributed by atoms with Crippen LogP contribution in [0.15, 0.2) is 51.5 Å². The van der Waals surface area contributed by atoms with Gasteiger partial charge >= 0.3 is 0 Å². The number of aromatic nitrogens is 2. The molecule has 0 bridgehead atoms. The van der Waals surface area contributed by atoms with Gasteiger partial charge in [0.1, 0.15) is 5.01 Å². The van der Waals surface area contributed by atoms with Crippen LogP contribution < -0.4 is 0 Å². The van der Waals surface area contributed by atoms with Gasteiger partial charge in [0.15, 0.2) is 4.34 Å². The van der Waals surface area contributed by atoms with Crippen molar-refractivity contribution in [3.05, 3.63) is 52.9 Å². The van der Waals surface area contributed by atoms with Crippen molar-refractivity contribution < 1.29 is 0 Å². The van der Waals surface area contributed by atoms with E-state index in [9.17, 15) is 0 Å². The van der Waals surface area contributed by atoms with Crippen LogP contribution >= 0.6 is 45.8 Å². The first-order valence-electron chi connectivity index (χ1n) is 6.35. The Bertz CT molecular complexity index is 828. The van der Waals surface area contributed by atoms with E-state index in [1.807, 2.05) is 6.07 Å². The maximum absolute atomic E-state index is 4.71. The second-order valence-corrected chi connectivity index (χ2v) is 8.42. The lowest BCUT2D eigenvalue weighted by molar-refractivity contribution is 1.22. The van der Waals surface area contributed by atoms with Crippen LogP contribution in [0.5, 0.6) is 0 Å². The number of thiophene rings is 1. The summed E-state index contributed by atoms with van der Waals surface area (Å²) >= 11 is 6.97. The SMILES string of the molecule is c1csc(-c2nc(CSc3nc4ccccc4s3)cs2)c1. The highest BCUT2D eigenvalue weighted by atomic mass is 32.2. The van der Waals surface area contributed by atoms with E-state index in [-0.39, 0.29) is 0 Å². The number of hydrogen-bond acceptors (Lipinski definition) is 6. The van der Waals surface area contributed by atoms with Crippen LogP contribution in [-0.2, 0) is 5.75 Å². The van der Waals surface area contributed by atoms with Gasteiger partial charge in [-0.15, -0.1) is 34.0 Å². The van der Waals surface area contributed by atoms with Gasteiger partial charge in [0.25, 0.3) is 0 Å². The summed E-state index contributed by atoms with van der Waals surface area (Å²) in [7, 11) is 0. The summed E-state index contributed by atoms with van der Waals surface area (Å²) < 4.78 is 2.36. The van der Waals surface area contributed by atoms with Crippen LogP contribution in [0.25, 0.3) is 20.1 Å². The summed E-state index contributed by atoms with van der Waals surface area (Å²) in [6, 6.07) is 12.5. The second kappa shape index (κ2) is 5.88. The Hall–Kier alpha value is -1.21. The highest BCUT2D eigenvalue weighted by molar-refractivity contribution is 8.00. The second-order valence-electron chi connectivity index (χ2n) is 4.36. The first kappa shape index (κ1) is 13.5. The predicted octanol–water partition coefficient (Wildman–Crippen LogP) is 5.77. The Labute approximate surface area is 138 Å². The topological polar surface area (TPSA) is 25.8 Å². The first-order chi connectivity index (χ1) is 10.4. The van der Waals surface area contributed by atoms with Gasteiger partial charge in [-0.2, -0.15) is 0 Å². The predicted molar refractivity (Wildman–Crippen MR) is 94.6 cm³/mol. The normalized spacial score (nSPS) is 11.2. The Morgan fingerprint density at radius 2 is 1.95 bits per heavy atom. The van der Waals surface area contributed by atoms with Gasteiger partial charge < -0.3 is 0 Å². The van der Waals surface area contributed by atoms with Crippen molar-refractivity contribution in [2.24, 2.45) is 0 Å². The Morgan fingerprint density at radius 3 is 2.81 bits per heavy atom. The molecule has 0 fully saturated rings. The molecule has 21 heavy (non-hydrogen) atoms. The van der Waals surface area contributed by atoms with Gasteiger partial charge in [-0.25, -0.2) is 9.97 Å². The van der Waals surface area contributed by atoms with Crippen molar-refractivity contribution >= 4 is 56.0 Å². The molecule has 0 saturated carbocycles. The van der Waals surface area contributed by atoms with Crippen LogP contribution in [0.3, 0.4) is 0 Å². The molecule has 1 aromatic carbocycles. The van der Waals surface area contributed by atoms with E-state index in [0.717, 1.165) is 26.3 Å². The maximum atomic E-state index is 4.71. The summed E-state index contributed by atoms with van der Waals surface area (Å²) in [6.07, 6.45) is 0. The van der Waals surface area contributed by atoms with Gasteiger partial charge in [0.05, 0.1) is 20.8 Å².